The van der Waals surface area contributed by atoms with E-state index in [4.69, 9.17) is 20.9 Å². The molecule has 156 valence electrons. The van der Waals surface area contributed by atoms with Gasteiger partial charge in [0.1, 0.15) is 5.75 Å². The molecule has 0 bridgehead atoms. The van der Waals surface area contributed by atoms with Crippen LogP contribution in [0, 0.1) is 13.8 Å². The second-order valence-electron chi connectivity index (χ2n) is 7.63. The number of ether oxygens (including phenoxy) is 1. The van der Waals surface area contributed by atoms with E-state index in [1.807, 2.05) is 19.1 Å². The van der Waals surface area contributed by atoms with Gasteiger partial charge in [0.05, 0.1) is 12.6 Å². The third-order valence-electron chi connectivity index (χ3n) is 5.18. The number of rotatable bonds is 6. The minimum atomic E-state index is -0.0141. The fraction of sp³-hybridized carbons (Fsp3) is 0.348. The third kappa shape index (κ3) is 4.65. The van der Waals surface area contributed by atoms with Gasteiger partial charge in [-0.25, -0.2) is 0 Å². The minimum Gasteiger partial charge on any atom is -0.493 e. The van der Waals surface area contributed by atoms with Crippen LogP contribution in [0.1, 0.15) is 47.9 Å². The number of aromatic nitrogens is 2. The Morgan fingerprint density at radius 2 is 2.03 bits per heavy atom. The Morgan fingerprint density at radius 3 is 2.83 bits per heavy atom. The monoisotopic (exact) mass is 425 g/mol. The predicted molar refractivity (Wildman–Crippen MR) is 115 cm³/mol. The summed E-state index contributed by atoms with van der Waals surface area (Å²) in [5.74, 6) is 1.97. The lowest BCUT2D eigenvalue weighted by molar-refractivity contribution is -0.122. The van der Waals surface area contributed by atoms with Crippen LogP contribution >= 0.6 is 11.6 Å². The predicted octanol–water partition coefficient (Wildman–Crippen LogP) is 4.97. The molecule has 0 aliphatic carbocycles. The fourth-order valence-electron chi connectivity index (χ4n) is 3.77. The molecule has 0 saturated carbocycles. The van der Waals surface area contributed by atoms with Crippen LogP contribution in [-0.2, 0) is 11.2 Å². The van der Waals surface area contributed by atoms with Gasteiger partial charge in [0, 0.05) is 35.4 Å². The maximum atomic E-state index is 12.5. The molecule has 0 radical (unpaired) electrons. The van der Waals surface area contributed by atoms with Crippen molar-refractivity contribution in [2.75, 3.05) is 6.61 Å². The standard InChI is InChI=1S/C23H24ClN3O3/c1-14-12-15(2)22-18(13-14)19(10-11-29-22)25-20(28)4-3-5-21-26-23(27-30-21)16-6-8-17(24)9-7-16/h6-9,12-13,19H,3-5,10-11H2,1-2H3,(H,25,28). The van der Waals surface area contributed by atoms with Crippen molar-refractivity contribution in [2.24, 2.45) is 0 Å². The summed E-state index contributed by atoms with van der Waals surface area (Å²) in [6.07, 6.45) is 2.36. The van der Waals surface area contributed by atoms with Crippen LogP contribution < -0.4 is 10.1 Å². The summed E-state index contributed by atoms with van der Waals surface area (Å²) in [4.78, 5) is 16.9. The van der Waals surface area contributed by atoms with Gasteiger partial charge in [-0.1, -0.05) is 34.5 Å². The van der Waals surface area contributed by atoms with Crippen LogP contribution in [0.5, 0.6) is 5.75 Å². The lowest BCUT2D eigenvalue weighted by atomic mass is 9.95. The lowest BCUT2D eigenvalue weighted by Gasteiger charge is -2.28. The number of nitrogens with zero attached hydrogens (tertiary/aromatic N) is 2. The summed E-state index contributed by atoms with van der Waals surface area (Å²) in [6, 6.07) is 11.5. The first kappa shape index (κ1) is 20.4. The Hall–Kier alpha value is -2.86. The van der Waals surface area contributed by atoms with E-state index in [2.05, 4.69) is 34.5 Å². The number of hydrogen-bond acceptors (Lipinski definition) is 5. The van der Waals surface area contributed by atoms with E-state index in [-0.39, 0.29) is 11.9 Å². The first-order chi connectivity index (χ1) is 14.5. The Kier molecular flexibility index (Phi) is 6.04. The maximum Gasteiger partial charge on any atom is 0.226 e. The molecule has 0 saturated heterocycles. The van der Waals surface area contributed by atoms with Gasteiger partial charge in [-0.2, -0.15) is 4.98 Å². The highest BCUT2D eigenvalue weighted by atomic mass is 35.5. The molecule has 2 heterocycles. The van der Waals surface area contributed by atoms with Crippen LogP contribution in [-0.4, -0.2) is 22.7 Å². The van der Waals surface area contributed by atoms with Crippen molar-refractivity contribution in [2.45, 2.75) is 45.6 Å². The largest absolute Gasteiger partial charge is 0.493 e. The summed E-state index contributed by atoms with van der Waals surface area (Å²) in [5.41, 5.74) is 4.19. The Morgan fingerprint density at radius 1 is 1.23 bits per heavy atom. The second-order valence-corrected chi connectivity index (χ2v) is 8.07. The molecule has 1 N–H and O–H groups in total. The third-order valence-corrected chi connectivity index (χ3v) is 5.43. The number of nitrogens with one attached hydrogen (secondary N) is 1. The zero-order valence-electron chi connectivity index (χ0n) is 17.1. The van der Waals surface area contributed by atoms with Crippen LogP contribution in [0.3, 0.4) is 0 Å². The molecule has 30 heavy (non-hydrogen) atoms. The molecule has 1 aromatic heterocycles. The Bertz CT molecular complexity index is 1050. The number of hydrogen-bond donors (Lipinski definition) is 1. The first-order valence-electron chi connectivity index (χ1n) is 10.1. The highest BCUT2D eigenvalue weighted by Gasteiger charge is 2.24. The number of halogens is 1. The van der Waals surface area contributed by atoms with Gasteiger partial charge in [0.15, 0.2) is 0 Å². The molecule has 2 aromatic carbocycles. The van der Waals surface area contributed by atoms with E-state index < -0.39 is 0 Å². The highest BCUT2D eigenvalue weighted by Crippen LogP contribution is 2.35. The van der Waals surface area contributed by atoms with Gasteiger partial charge in [-0.15, -0.1) is 0 Å². The summed E-state index contributed by atoms with van der Waals surface area (Å²) < 4.78 is 11.1. The average molecular weight is 426 g/mol. The molecular weight excluding hydrogens is 402 g/mol. The van der Waals surface area contributed by atoms with Crippen LogP contribution in [0.2, 0.25) is 5.02 Å². The number of benzene rings is 2. The van der Waals surface area contributed by atoms with Crippen molar-refractivity contribution in [3.63, 3.8) is 0 Å². The van der Waals surface area contributed by atoms with Crippen molar-refractivity contribution in [3.05, 3.63) is 64.0 Å². The quantitative estimate of drug-likeness (QED) is 0.603. The molecule has 3 aromatic rings. The minimum absolute atomic E-state index is 0.0141. The van der Waals surface area contributed by atoms with Gasteiger partial charge in [-0.05, 0) is 50.1 Å². The van der Waals surface area contributed by atoms with Gasteiger partial charge < -0.3 is 14.6 Å². The number of carbonyl (C=O) groups excluding carboxylic acids is 1. The molecule has 1 aliphatic heterocycles. The molecule has 1 atom stereocenters. The SMILES string of the molecule is Cc1cc(C)c2c(c1)C(NC(=O)CCCc1nc(-c3ccc(Cl)cc3)no1)CCO2. The van der Waals surface area contributed by atoms with Gasteiger partial charge in [-0.3, -0.25) is 4.79 Å². The van der Waals surface area contributed by atoms with E-state index in [0.29, 0.717) is 42.6 Å². The molecule has 0 fully saturated rings. The van der Waals surface area contributed by atoms with Crippen LogP contribution in [0.15, 0.2) is 40.9 Å². The summed E-state index contributed by atoms with van der Waals surface area (Å²) >= 11 is 5.91. The number of aryl methyl sites for hydroxylation is 3. The normalized spacial score (nSPS) is 15.4. The lowest BCUT2D eigenvalue weighted by Crippen LogP contribution is -2.32. The number of carbonyl (C=O) groups is 1. The van der Waals surface area contributed by atoms with Gasteiger partial charge in [0.25, 0.3) is 0 Å². The molecule has 7 heteroatoms. The van der Waals surface area contributed by atoms with Crippen molar-refractivity contribution < 1.29 is 14.1 Å². The van der Waals surface area contributed by atoms with Gasteiger partial charge in [0.2, 0.25) is 17.6 Å². The molecule has 4 rings (SSSR count). The summed E-state index contributed by atoms with van der Waals surface area (Å²) in [7, 11) is 0. The smallest absolute Gasteiger partial charge is 0.226 e. The van der Waals surface area contributed by atoms with E-state index in [0.717, 1.165) is 28.9 Å². The molecule has 6 nitrogen and oxygen atoms in total. The molecule has 1 aliphatic rings. The number of amides is 1. The Balaban J connectivity index is 1.31. The van der Waals surface area contributed by atoms with Crippen LogP contribution in [0.4, 0.5) is 0 Å². The maximum absolute atomic E-state index is 12.5. The topological polar surface area (TPSA) is 77.3 Å². The van der Waals surface area contributed by atoms with E-state index in [1.54, 1.807) is 12.1 Å². The number of fused-ring (bicyclic) bond motifs is 1. The van der Waals surface area contributed by atoms with Crippen molar-refractivity contribution in [3.8, 4) is 17.1 Å². The average Bonchev–Trinajstić information content (AvgIpc) is 3.18. The van der Waals surface area contributed by atoms with Gasteiger partial charge >= 0.3 is 0 Å². The van der Waals surface area contributed by atoms with E-state index >= 15 is 0 Å². The molecule has 1 amide bonds. The summed E-state index contributed by atoms with van der Waals surface area (Å²) in [5, 5.41) is 7.82. The van der Waals surface area contributed by atoms with Crippen molar-refractivity contribution >= 4 is 17.5 Å². The van der Waals surface area contributed by atoms with Crippen molar-refractivity contribution in [1.29, 1.82) is 0 Å². The highest BCUT2D eigenvalue weighted by molar-refractivity contribution is 6.30. The zero-order valence-corrected chi connectivity index (χ0v) is 17.8. The van der Waals surface area contributed by atoms with Crippen molar-refractivity contribution in [1.82, 2.24) is 15.5 Å². The van der Waals surface area contributed by atoms with E-state index in [9.17, 15) is 4.79 Å². The van der Waals surface area contributed by atoms with Crippen LogP contribution in [0.25, 0.3) is 11.4 Å². The fourth-order valence-corrected chi connectivity index (χ4v) is 3.89. The Labute approximate surface area is 180 Å². The zero-order chi connectivity index (χ0) is 21.1. The summed E-state index contributed by atoms with van der Waals surface area (Å²) in [6.45, 7) is 4.71. The first-order valence-corrected chi connectivity index (χ1v) is 10.5. The van der Waals surface area contributed by atoms with E-state index in [1.165, 1.54) is 5.56 Å². The molecular formula is C23H24ClN3O3. The molecule has 1 unspecified atom stereocenters. The second kappa shape index (κ2) is 8.88. The molecule has 0 spiro atoms.